The summed E-state index contributed by atoms with van der Waals surface area (Å²) < 4.78 is 5.21. The molecule has 2 aromatic heterocycles. The maximum absolute atomic E-state index is 11.6. The zero-order valence-corrected chi connectivity index (χ0v) is 13.8. The number of fused-ring (bicyclic) bond motifs is 3. The van der Waals surface area contributed by atoms with Crippen molar-refractivity contribution in [3.8, 4) is 16.9 Å². The average Bonchev–Trinajstić information content (AvgIpc) is 3.01. The van der Waals surface area contributed by atoms with Gasteiger partial charge in [-0.3, -0.25) is 4.98 Å². The smallest absolute Gasteiger partial charge is 0.335 e. The number of ether oxygens (including phenoxy) is 1. The number of carboxylic acid groups (broad SMARTS) is 1. The molecule has 25 heavy (non-hydrogen) atoms. The minimum absolute atomic E-state index is 0.258. The van der Waals surface area contributed by atoms with Crippen molar-refractivity contribution in [2.24, 2.45) is 0 Å². The molecule has 0 saturated carbocycles. The van der Waals surface area contributed by atoms with Gasteiger partial charge in [-0.15, -0.1) is 0 Å². The molecule has 0 aliphatic heterocycles. The van der Waals surface area contributed by atoms with Gasteiger partial charge in [0.2, 0.25) is 0 Å². The number of aryl methyl sites for hydroxylation is 1. The number of aromatic nitrogens is 2. The number of hydrogen-bond acceptors (Lipinski definition) is 3. The molecule has 5 heteroatoms. The largest absolute Gasteiger partial charge is 0.497 e. The summed E-state index contributed by atoms with van der Waals surface area (Å²) in [6, 6.07) is 12.9. The van der Waals surface area contributed by atoms with Crippen LogP contribution in [-0.4, -0.2) is 28.2 Å². The van der Waals surface area contributed by atoms with Crippen molar-refractivity contribution in [1.82, 2.24) is 9.97 Å². The second-order valence-electron chi connectivity index (χ2n) is 5.92. The van der Waals surface area contributed by atoms with E-state index in [0.29, 0.717) is 0 Å². The summed E-state index contributed by atoms with van der Waals surface area (Å²) in [6.45, 7) is 1.93. The Kier molecular flexibility index (Phi) is 3.42. The number of nitrogens with one attached hydrogen (secondary N) is 1. The van der Waals surface area contributed by atoms with Gasteiger partial charge < -0.3 is 14.8 Å². The fourth-order valence-corrected chi connectivity index (χ4v) is 3.18. The SMILES string of the molecule is COc1ccc(-c2cc(C(=O)O)cc3c2[nH]c2c(C)nccc23)cc1. The van der Waals surface area contributed by atoms with Crippen molar-refractivity contribution in [3.63, 3.8) is 0 Å². The highest BCUT2D eigenvalue weighted by Crippen LogP contribution is 2.35. The maximum atomic E-state index is 11.6. The van der Waals surface area contributed by atoms with Gasteiger partial charge in [0.1, 0.15) is 5.75 Å². The summed E-state index contributed by atoms with van der Waals surface area (Å²) in [7, 11) is 1.62. The first-order valence-corrected chi connectivity index (χ1v) is 7.87. The number of carbonyl (C=O) groups is 1. The molecular weight excluding hydrogens is 316 g/mol. The molecule has 5 nitrogen and oxygen atoms in total. The van der Waals surface area contributed by atoms with Gasteiger partial charge in [-0.25, -0.2) is 4.79 Å². The van der Waals surface area contributed by atoms with Crippen LogP contribution in [0.15, 0.2) is 48.7 Å². The van der Waals surface area contributed by atoms with E-state index < -0.39 is 5.97 Å². The van der Waals surface area contributed by atoms with Crippen molar-refractivity contribution >= 4 is 27.8 Å². The van der Waals surface area contributed by atoms with Crippen LogP contribution in [0.3, 0.4) is 0 Å². The van der Waals surface area contributed by atoms with E-state index in [1.165, 1.54) is 0 Å². The number of carboxylic acids is 1. The van der Waals surface area contributed by atoms with Gasteiger partial charge in [-0.2, -0.15) is 0 Å². The Morgan fingerprint density at radius 1 is 1.08 bits per heavy atom. The summed E-state index contributed by atoms with van der Waals surface area (Å²) in [5, 5.41) is 11.4. The molecule has 2 heterocycles. The van der Waals surface area contributed by atoms with Gasteiger partial charge in [0.15, 0.2) is 0 Å². The number of nitrogens with zero attached hydrogens (tertiary/aromatic N) is 1. The Balaban J connectivity index is 2.08. The number of benzene rings is 2. The number of hydrogen-bond donors (Lipinski definition) is 2. The van der Waals surface area contributed by atoms with E-state index in [0.717, 1.165) is 44.4 Å². The highest BCUT2D eigenvalue weighted by atomic mass is 16.5. The Morgan fingerprint density at radius 2 is 1.84 bits per heavy atom. The summed E-state index contributed by atoms with van der Waals surface area (Å²) in [5.74, 6) is -0.192. The van der Waals surface area contributed by atoms with Crippen LogP contribution in [0.4, 0.5) is 0 Å². The Labute approximate surface area is 143 Å². The minimum Gasteiger partial charge on any atom is -0.497 e. The van der Waals surface area contributed by atoms with Gasteiger partial charge in [0.05, 0.1) is 29.4 Å². The van der Waals surface area contributed by atoms with Gasteiger partial charge >= 0.3 is 5.97 Å². The van der Waals surface area contributed by atoms with E-state index in [1.807, 2.05) is 37.3 Å². The monoisotopic (exact) mass is 332 g/mol. The van der Waals surface area contributed by atoms with Crippen LogP contribution in [0, 0.1) is 6.92 Å². The third kappa shape index (κ3) is 2.41. The predicted octanol–water partition coefficient (Wildman–Crippen LogP) is 4.40. The Morgan fingerprint density at radius 3 is 2.52 bits per heavy atom. The van der Waals surface area contributed by atoms with Crippen molar-refractivity contribution in [1.29, 1.82) is 0 Å². The molecule has 0 unspecified atom stereocenters. The zero-order chi connectivity index (χ0) is 17.6. The number of aromatic amines is 1. The van der Waals surface area contributed by atoms with Gasteiger partial charge in [0, 0.05) is 22.5 Å². The van der Waals surface area contributed by atoms with E-state index in [9.17, 15) is 9.90 Å². The molecule has 0 fully saturated rings. The fraction of sp³-hybridized carbons (Fsp3) is 0.100. The molecule has 0 amide bonds. The maximum Gasteiger partial charge on any atom is 0.335 e. The first kappa shape index (κ1) is 15.2. The molecule has 124 valence electrons. The summed E-state index contributed by atoms with van der Waals surface area (Å²) in [5.41, 5.74) is 4.73. The molecular formula is C20H16N2O3. The highest BCUT2D eigenvalue weighted by molar-refractivity contribution is 6.14. The Hall–Kier alpha value is -3.34. The standard InChI is InChI=1S/C20H16N2O3/c1-11-18-15(7-8-21-11)17-10-13(20(23)24)9-16(19(17)22-18)12-3-5-14(25-2)6-4-12/h3-10,22H,1-2H3,(H,23,24). The van der Waals surface area contributed by atoms with Crippen LogP contribution < -0.4 is 4.74 Å². The van der Waals surface area contributed by atoms with Gasteiger partial charge in [-0.1, -0.05) is 12.1 Å². The number of methoxy groups -OCH3 is 1. The molecule has 0 aliphatic carbocycles. The molecule has 0 saturated heterocycles. The topological polar surface area (TPSA) is 75.2 Å². The first-order chi connectivity index (χ1) is 12.1. The normalized spacial score (nSPS) is 11.1. The molecule has 0 spiro atoms. The third-order valence-corrected chi connectivity index (χ3v) is 4.47. The Bertz CT molecular complexity index is 1110. The second-order valence-corrected chi connectivity index (χ2v) is 5.92. The fourth-order valence-electron chi connectivity index (χ4n) is 3.18. The molecule has 4 rings (SSSR count). The summed E-state index contributed by atoms with van der Waals surface area (Å²) in [6.07, 6.45) is 1.74. The molecule has 0 aliphatic rings. The van der Waals surface area contributed by atoms with Crippen molar-refractivity contribution in [3.05, 3.63) is 59.9 Å². The lowest BCUT2D eigenvalue weighted by Gasteiger charge is -2.07. The molecule has 2 N–H and O–H groups in total. The molecule has 0 radical (unpaired) electrons. The number of pyridine rings is 1. The van der Waals surface area contributed by atoms with Gasteiger partial charge in [0.25, 0.3) is 0 Å². The second kappa shape index (κ2) is 5.63. The lowest BCUT2D eigenvalue weighted by atomic mass is 9.99. The van der Waals surface area contributed by atoms with Crippen molar-refractivity contribution < 1.29 is 14.6 Å². The zero-order valence-electron chi connectivity index (χ0n) is 13.8. The van der Waals surface area contributed by atoms with E-state index in [1.54, 1.807) is 25.4 Å². The molecule has 2 aromatic carbocycles. The minimum atomic E-state index is -0.947. The van der Waals surface area contributed by atoms with Crippen LogP contribution >= 0.6 is 0 Å². The van der Waals surface area contributed by atoms with E-state index >= 15 is 0 Å². The van der Waals surface area contributed by atoms with E-state index in [-0.39, 0.29) is 5.56 Å². The third-order valence-electron chi connectivity index (χ3n) is 4.47. The average molecular weight is 332 g/mol. The van der Waals surface area contributed by atoms with Gasteiger partial charge in [-0.05, 0) is 42.8 Å². The summed E-state index contributed by atoms with van der Waals surface area (Å²) >= 11 is 0. The lowest BCUT2D eigenvalue weighted by molar-refractivity contribution is 0.0697. The first-order valence-electron chi connectivity index (χ1n) is 7.87. The van der Waals surface area contributed by atoms with Crippen LogP contribution in [0.5, 0.6) is 5.75 Å². The van der Waals surface area contributed by atoms with Crippen LogP contribution in [0.1, 0.15) is 16.1 Å². The highest BCUT2D eigenvalue weighted by Gasteiger charge is 2.15. The van der Waals surface area contributed by atoms with Crippen molar-refractivity contribution in [2.75, 3.05) is 7.11 Å². The molecule has 0 atom stereocenters. The lowest BCUT2D eigenvalue weighted by Crippen LogP contribution is -1.97. The molecule has 4 aromatic rings. The van der Waals surface area contributed by atoms with E-state index in [2.05, 4.69) is 9.97 Å². The van der Waals surface area contributed by atoms with Crippen LogP contribution in [0.2, 0.25) is 0 Å². The van der Waals surface area contributed by atoms with Crippen LogP contribution in [-0.2, 0) is 0 Å². The number of aromatic carboxylic acids is 1. The number of rotatable bonds is 3. The predicted molar refractivity (Wildman–Crippen MR) is 97.3 cm³/mol. The van der Waals surface area contributed by atoms with Crippen molar-refractivity contribution in [2.45, 2.75) is 6.92 Å². The number of H-pyrrole nitrogens is 1. The molecule has 0 bridgehead atoms. The quantitative estimate of drug-likeness (QED) is 0.583. The summed E-state index contributed by atoms with van der Waals surface area (Å²) in [4.78, 5) is 19.4. The van der Waals surface area contributed by atoms with Crippen LogP contribution in [0.25, 0.3) is 32.9 Å². The van der Waals surface area contributed by atoms with E-state index in [4.69, 9.17) is 4.74 Å².